The summed E-state index contributed by atoms with van der Waals surface area (Å²) in [5, 5.41) is 8.32. The Morgan fingerprint density at radius 1 is 1.22 bits per heavy atom. The van der Waals surface area contributed by atoms with Gasteiger partial charge in [-0.3, -0.25) is 0 Å². The lowest BCUT2D eigenvalue weighted by molar-refractivity contribution is 0.765. The molecule has 96 valence electrons. The van der Waals surface area contributed by atoms with Crippen LogP contribution in [0.3, 0.4) is 0 Å². The Hall–Kier alpha value is -1.68. The Kier molecular flexibility index (Phi) is 3.77. The van der Waals surface area contributed by atoms with Gasteiger partial charge in [0.1, 0.15) is 0 Å². The van der Waals surface area contributed by atoms with Crippen LogP contribution >= 0.6 is 0 Å². The molecule has 0 fully saturated rings. The standard InChI is InChI=1S/C14H20N4/c1-4-14-13(9-15)16-17-18(14)12-7-5-11(6-8-12)10(2)3/h5-8,10H,4,9,15H2,1-3H3. The van der Waals surface area contributed by atoms with Crippen molar-refractivity contribution in [2.45, 2.75) is 39.7 Å². The molecular weight excluding hydrogens is 224 g/mol. The largest absolute Gasteiger partial charge is 0.325 e. The molecule has 0 spiro atoms. The van der Waals surface area contributed by atoms with E-state index in [0.717, 1.165) is 23.5 Å². The highest BCUT2D eigenvalue weighted by Gasteiger charge is 2.11. The summed E-state index contributed by atoms with van der Waals surface area (Å²) in [5.74, 6) is 0.542. The minimum atomic E-state index is 0.438. The number of benzene rings is 1. The molecule has 0 atom stereocenters. The van der Waals surface area contributed by atoms with E-state index in [-0.39, 0.29) is 0 Å². The third-order valence-electron chi connectivity index (χ3n) is 3.18. The van der Waals surface area contributed by atoms with Crippen LogP contribution in [0, 0.1) is 0 Å². The average Bonchev–Trinajstić information content (AvgIpc) is 2.81. The number of nitrogens with two attached hydrogens (primary N) is 1. The smallest absolute Gasteiger partial charge is 0.0999 e. The predicted molar refractivity (Wildman–Crippen MR) is 72.7 cm³/mol. The van der Waals surface area contributed by atoms with Crippen molar-refractivity contribution in [1.82, 2.24) is 15.0 Å². The maximum atomic E-state index is 5.67. The van der Waals surface area contributed by atoms with E-state index in [9.17, 15) is 0 Å². The summed E-state index contributed by atoms with van der Waals surface area (Å²) in [4.78, 5) is 0. The van der Waals surface area contributed by atoms with Gasteiger partial charge in [-0.1, -0.05) is 38.1 Å². The fraction of sp³-hybridized carbons (Fsp3) is 0.429. The van der Waals surface area contributed by atoms with Crippen LogP contribution in [0.5, 0.6) is 0 Å². The molecule has 1 aromatic carbocycles. The molecule has 0 aliphatic carbocycles. The van der Waals surface area contributed by atoms with E-state index in [1.54, 1.807) is 0 Å². The molecule has 2 rings (SSSR count). The summed E-state index contributed by atoms with van der Waals surface area (Å²) in [6.45, 7) is 6.91. The summed E-state index contributed by atoms with van der Waals surface area (Å²) >= 11 is 0. The van der Waals surface area contributed by atoms with Gasteiger partial charge in [-0.25, -0.2) is 4.68 Å². The first-order valence-corrected chi connectivity index (χ1v) is 6.41. The van der Waals surface area contributed by atoms with E-state index in [0.29, 0.717) is 12.5 Å². The molecule has 0 saturated heterocycles. The molecule has 4 nitrogen and oxygen atoms in total. The fourth-order valence-corrected chi connectivity index (χ4v) is 2.05. The van der Waals surface area contributed by atoms with Gasteiger partial charge < -0.3 is 5.73 Å². The van der Waals surface area contributed by atoms with Crippen molar-refractivity contribution in [2.75, 3.05) is 0 Å². The number of hydrogen-bond acceptors (Lipinski definition) is 3. The van der Waals surface area contributed by atoms with Crippen LogP contribution in [0.4, 0.5) is 0 Å². The van der Waals surface area contributed by atoms with E-state index < -0.39 is 0 Å². The van der Waals surface area contributed by atoms with Crippen LogP contribution in [0.25, 0.3) is 5.69 Å². The zero-order valence-electron chi connectivity index (χ0n) is 11.2. The maximum absolute atomic E-state index is 5.67. The Labute approximate surface area is 108 Å². The lowest BCUT2D eigenvalue weighted by Crippen LogP contribution is -2.05. The van der Waals surface area contributed by atoms with Gasteiger partial charge in [0.15, 0.2) is 0 Å². The third-order valence-corrected chi connectivity index (χ3v) is 3.18. The second-order valence-corrected chi connectivity index (χ2v) is 4.70. The van der Waals surface area contributed by atoms with Gasteiger partial charge >= 0.3 is 0 Å². The van der Waals surface area contributed by atoms with Crippen molar-refractivity contribution in [3.8, 4) is 5.69 Å². The van der Waals surface area contributed by atoms with Crippen LogP contribution in [0.2, 0.25) is 0 Å². The van der Waals surface area contributed by atoms with E-state index in [2.05, 4.69) is 55.3 Å². The first-order valence-electron chi connectivity index (χ1n) is 6.41. The van der Waals surface area contributed by atoms with Gasteiger partial charge in [0.25, 0.3) is 0 Å². The van der Waals surface area contributed by atoms with Gasteiger partial charge in [0, 0.05) is 6.54 Å². The van der Waals surface area contributed by atoms with Crippen molar-refractivity contribution >= 4 is 0 Å². The highest BCUT2D eigenvalue weighted by molar-refractivity contribution is 5.37. The van der Waals surface area contributed by atoms with Crippen LogP contribution in [0.1, 0.15) is 43.6 Å². The summed E-state index contributed by atoms with van der Waals surface area (Å²) < 4.78 is 1.88. The van der Waals surface area contributed by atoms with Gasteiger partial charge in [-0.05, 0) is 30.0 Å². The summed E-state index contributed by atoms with van der Waals surface area (Å²) in [5.41, 5.74) is 10.0. The zero-order chi connectivity index (χ0) is 13.1. The molecule has 2 N–H and O–H groups in total. The maximum Gasteiger partial charge on any atom is 0.0999 e. The summed E-state index contributed by atoms with van der Waals surface area (Å²) in [6, 6.07) is 8.46. The molecule has 1 heterocycles. The quantitative estimate of drug-likeness (QED) is 0.898. The minimum absolute atomic E-state index is 0.438. The molecular formula is C14H20N4. The second-order valence-electron chi connectivity index (χ2n) is 4.70. The van der Waals surface area contributed by atoms with E-state index in [1.165, 1.54) is 5.56 Å². The Bertz CT molecular complexity index is 511. The fourth-order valence-electron chi connectivity index (χ4n) is 2.05. The highest BCUT2D eigenvalue weighted by atomic mass is 15.4. The highest BCUT2D eigenvalue weighted by Crippen LogP contribution is 2.18. The number of rotatable bonds is 4. The molecule has 0 bridgehead atoms. The van der Waals surface area contributed by atoms with Gasteiger partial charge in [0.05, 0.1) is 17.1 Å². The Balaban J connectivity index is 2.39. The van der Waals surface area contributed by atoms with Gasteiger partial charge in [-0.2, -0.15) is 0 Å². The van der Waals surface area contributed by atoms with Crippen LogP contribution in [0.15, 0.2) is 24.3 Å². The topological polar surface area (TPSA) is 56.7 Å². The molecule has 2 aromatic rings. The van der Waals surface area contributed by atoms with Crippen molar-refractivity contribution < 1.29 is 0 Å². The third kappa shape index (κ3) is 2.29. The molecule has 0 saturated carbocycles. The molecule has 1 aromatic heterocycles. The molecule has 18 heavy (non-hydrogen) atoms. The van der Waals surface area contributed by atoms with Crippen LogP contribution < -0.4 is 5.73 Å². The first kappa shape index (κ1) is 12.8. The number of aromatic nitrogens is 3. The van der Waals surface area contributed by atoms with Crippen molar-refractivity contribution in [3.63, 3.8) is 0 Å². The first-order chi connectivity index (χ1) is 8.67. The summed E-state index contributed by atoms with van der Waals surface area (Å²) in [7, 11) is 0. The molecule has 0 unspecified atom stereocenters. The van der Waals surface area contributed by atoms with Gasteiger partial charge in [-0.15, -0.1) is 5.10 Å². The van der Waals surface area contributed by atoms with E-state index >= 15 is 0 Å². The van der Waals surface area contributed by atoms with E-state index in [1.807, 2.05) is 4.68 Å². The zero-order valence-corrected chi connectivity index (χ0v) is 11.2. The Morgan fingerprint density at radius 3 is 2.39 bits per heavy atom. The second kappa shape index (κ2) is 5.31. The molecule has 0 aliphatic rings. The normalized spacial score (nSPS) is 11.2. The monoisotopic (exact) mass is 244 g/mol. The predicted octanol–water partition coefficient (Wildman–Crippen LogP) is 2.41. The molecule has 0 amide bonds. The van der Waals surface area contributed by atoms with Crippen LogP contribution in [-0.4, -0.2) is 15.0 Å². The molecule has 0 radical (unpaired) electrons. The minimum Gasteiger partial charge on any atom is -0.325 e. The lowest BCUT2D eigenvalue weighted by Gasteiger charge is -2.08. The molecule has 4 heteroatoms. The average molecular weight is 244 g/mol. The van der Waals surface area contributed by atoms with Crippen molar-refractivity contribution in [2.24, 2.45) is 5.73 Å². The van der Waals surface area contributed by atoms with Crippen molar-refractivity contribution in [1.29, 1.82) is 0 Å². The van der Waals surface area contributed by atoms with Crippen molar-refractivity contribution in [3.05, 3.63) is 41.2 Å². The lowest BCUT2D eigenvalue weighted by atomic mass is 10.0. The Morgan fingerprint density at radius 2 is 1.89 bits per heavy atom. The van der Waals surface area contributed by atoms with E-state index in [4.69, 9.17) is 5.73 Å². The molecule has 0 aliphatic heterocycles. The number of nitrogens with zero attached hydrogens (tertiary/aromatic N) is 3. The van der Waals surface area contributed by atoms with Gasteiger partial charge in [0.2, 0.25) is 0 Å². The summed E-state index contributed by atoms with van der Waals surface area (Å²) in [6.07, 6.45) is 0.880. The van der Waals surface area contributed by atoms with Crippen LogP contribution in [-0.2, 0) is 13.0 Å². The SMILES string of the molecule is CCc1c(CN)nnn1-c1ccc(C(C)C)cc1. The number of hydrogen-bond donors (Lipinski definition) is 1.